The zero-order chi connectivity index (χ0) is 17.8. The van der Waals surface area contributed by atoms with Gasteiger partial charge in [0.05, 0.1) is 12.9 Å². The van der Waals surface area contributed by atoms with Gasteiger partial charge in [-0.2, -0.15) is 0 Å². The molecule has 0 bridgehead atoms. The summed E-state index contributed by atoms with van der Waals surface area (Å²) in [5, 5.41) is 8.25. The minimum Gasteiger partial charge on any atom is -0.494 e. The van der Waals surface area contributed by atoms with E-state index in [1.165, 1.54) is 19.2 Å². The molecule has 25 heavy (non-hydrogen) atoms. The summed E-state index contributed by atoms with van der Waals surface area (Å²) >= 11 is 1.12. The molecule has 1 heterocycles. The molecule has 0 saturated carbocycles. The van der Waals surface area contributed by atoms with Crippen LogP contribution in [0.3, 0.4) is 0 Å². The number of benzene rings is 2. The second-order valence-corrected chi connectivity index (χ2v) is 6.18. The van der Waals surface area contributed by atoms with E-state index >= 15 is 0 Å². The molecule has 3 aromatic rings. The quantitative estimate of drug-likeness (QED) is 0.487. The van der Waals surface area contributed by atoms with Crippen molar-refractivity contribution in [1.29, 1.82) is 0 Å². The molecular formula is C18H15FN2O3S. The predicted octanol–water partition coefficient (Wildman–Crippen LogP) is 4.17. The van der Waals surface area contributed by atoms with Crippen molar-refractivity contribution >= 4 is 17.5 Å². The minimum atomic E-state index is -0.571. The van der Waals surface area contributed by atoms with Gasteiger partial charge < -0.3 is 9.15 Å². The molecule has 0 atom stereocenters. The number of hydrogen-bond acceptors (Lipinski definition) is 6. The number of aromatic nitrogens is 2. The fraction of sp³-hybridized carbons (Fsp3) is 0.167. The molecule has 0 spiro atoms. The molecular weight excluding hydrogens is 343 g/mol. The number of rotatable bonds is 6. The fourth-order valence-electron chi connectivity index (χ4n) is 2.24. The second-order valence-electron chi connectivity index (χ2n) is 5.25. The van der Waals surface area contributed by atoms with Crippen molar-refractivity contribution in [1.82, 2.24) is 10.2 Å². The van der Waals surface area contributed by atoms with Crippen LogP contribution in [0.4, 0.5) is 4.39 Å². The van der Waals surface area contributed by atoms with E-state index in [0.717, 1.165) is 29.0 Å². The Balaban J connectivity index is 1.67. The Hall–Kier alpha value is -2.67. The van der Waals surface area contributed by atoms with E-state index in [9.17, 15) is 9.18 Å². The van der Waals surface area contributed by atoms with Gasteiger partial charge in [0, 0.05) is 11.1 Å². The van der Waals surface area contributed by atoms with Crippen LogP contribution in [0.25, 0.3) is 11.5 Å². The minimum absolute atomic E-state index is 0.0706. The van der Waals surface area contributed by atoms with Crippen LogP contribution < -0.4 is 4.74 Å². The third-order valence-corrected chi connectivity index (χ3v) is 4.40. The van der Waals surface area contributed by atoms with Gasteiger partial charge in [-0.05, 0) is 36.8 Å². The number of halogens is 1. The molecule has 0 aliphatic heterocycles. The molecule has 0 amide bonds. The number of carbonyl (C=O) groups is 1. The lowest BCUT2D eigenvalue weighted by Gasteiger charge is -2.03. The Morgan fingerprint density at radius 2 is 2.04 bits per heavy atom. The third kappa shape index (κ3) is 3.88. The first kappa shape index (κ1) is 17.2. The van der Waals surface area contributed by atoms with Crippen LogP contribution in [-0.2, 0) is 0 Å². The highest BCUT2D eigenvalue weighted by molar-refractivity contribution is 7.99. The maximum Gasteiger partial charge on any atom is 0.277 e. The van der Waals surface area contributed by atoms with Crippen molar-refractivity contribution in [3.05, 3.63) is 59.4 Å². The molecule has 0 unspecified atom stereocenters. The van der Waals surface area contributed by atoms with E-state index in [1.54, 1.807) is 0 Å². The smallest absolute Gasteiger partial charge is 0.277 e. The lowest BCUT2D eigenvalue weighted by molar-refractivity contribution is 0.102. The molecule has 1 aromatic heterocycles. The van der Waals surface area contributed by atoms with Crippen LogP contribution in [0, 0.1) is 12.7 Å². The van der Waals surface area contributed by atoms with Crippen LogP contribution in [0.15, 0.2) is 52.1 Å². The topological polar surface area (TPSA) is 65.2 Å². The number of hydrogen-bond donors (Lipinski definition) is 0. The van der Waals surface area contributed by atoms with Gasteiger partial charge in [0.1, 0.15) is 0 Å². The number of nitrogens with zero attached hydrogens (tertiary/aromatic N) is 2. The molecule has 7 heteroatoms. The Bertz CT molecular complexity index is 911. The summed E-state index contributed by atoms with van der Waals surface area (Å²) in [5.74, 6) is -0.228. The zero-order valence-corrected chi connectivity index (χ0v) is 14.5. The predicted molar refractivity (Wildman–Crippen MR) is 92.5 cm³/mol. The highest BCUT2D eigenvalue weighted by Gasteiger charge is 2.14. The number of ether oxygens (including phenoxy) is 1. The normalized spacial score (nSPS) is 10.7. The summed E-state index contributed by atoms with van der Waals surface area (Å²) < 4.78 is 24.1. The van der Waals surface area contributed by atoms with E-state index in [2.05, 4.69) is 10.2 Å². The van der Waals surface area contributed by atoms with E-state index in [0.29, 0.717) is 11.1 Å². The highest BCUT2D eigenvalue weighted by atomic mass is 32.2. The van der Waals surface area contributed by atoms with Crippen LogP contribution in [0.1, 0.15) is 15.9 Å². The van der Waals surface area contributed by atoms with Crippen molar-refractivity contribution in [2.75, 3.05) is 12.9 Å². The van der Waals surface area contributed by atoms with Gasteiger partial charge >= 0.3 is 0 Å². The number of Topliss-reactive ketones (excluding diaryl/α,β-unsaturated/α-hetero) is 1. The van der Waals surface area contributed by atoms with Gasteiger partial charge in [-0.25, -0.2) is 4.39 Å². The van der Waals surface area contributed by atoms with Crippen molar-refractivity contribution < 1.29 is 18.3 Å². The molecule has 0 saturated heterocycles. The van der Waals surface area contributed by atoms with Crippen LogP contribution in [-0.4, -0.2) is 28.8 Å². The largest absolute Gasteiger partial charge is 0.494 e. The van der Waals surface area contributed by atoms with Crippen molar-refractivity contribution in [3.8, 4) is 17.2 Å². The van der Waals surface area contributed by atoms with Gasteiger partial charge in [-0.3, -0.25) is 4.79 Å². The van der Waals surface area contributed by atoms with Gasteiger partial charge in [0.2, 0.25) is 5.89 Å². The summed E-state index contributed by atoms with van der Waals surface area (Å²) in [6.45, 7) is 1.95. The SMILES string of the molecule is COc1ccc(C(=O)CSc2nnc(-c3ccccc3C)o2)cc1F. The van der Waals surface area contributed by atoms with E-state index in [4.69, 9.17) is 9.15 Å². The number of ketones is 1. The number of aryl methyl sites for hydroxylation is 1. The average Bonchev–Trinajstić information content (AvgIpc) is 3.08. The molecule has 0 radical (unpaired) electrons. The average molecular weight is 358 g/mol. The van der Waals surface area contributed by atoms with Gasteiger partial charge in [0.15, 0.2) is 17.3 Å². The third-order valence-electron chi connectivity index (χ3n) is 3.58. The summed E-state index contributed by atoms with van der Waals surface area (Å²) in [6, 6.07) is 11.8. The molecule has 0 fully saturated rings. The maximum absolute atomic E-state index is 13.7. The second kappa shape index (κ2) is 7.48. The lowest BCUT2D eigenvalue weighted by atomic mass is 10.1. The molecule has 0 aliphatic rings. The monoisotopic (exact) mass is 358 g/mol. The molecule has 128 valence electrons. The first-order valence-electron chi connectivity index (χ1n) is 7.47. The molecule has 3 rings (SSSR count). The van der Waals surface area contributed by atoms with Crippen LogP contribution in [0.5, 0.6) is 5.75 Å². The summed E-state index contributed by atoms with van der Waals surface area (Å²) in [6.07, 6.45) is 0. The van der Waals surface area contributed by atoms with E-state index < -0.39 is 5.82 Å². The summed E-state index contributed by atoms with van der Waals surface area (Å²) in [4.78, 5) is 12.2. The Morgan fingerprint density at radius 1 is 1.24 bits per heavy atom. The number of carbonyl (C=O) groups excluding carboxylic acids is 1. The lowest BCUT2D eigenvalue weighted by Crippen LogP contribution is -2.03. The Labute approximate surface area is 148 Å². The number of thioether (sulfide) groups is 1. The van der Waals surface area contributed by atoms with Gasteiger partial charge in [-0.15, -0.1) is 10.2 Å². The molecule has 0 N–H and O–H groups in total. The van der Waals surface area contributed by atoms with Gasteiger partial charge in [0.25, 0.3) is 5.22 Å². The van der Waals surface area contributed by atoms with Crippen LogP contribution in [0.2, 0.25) is 0 Å². The number of methoxy groups -OCH3 is 1. The standard InChI is InChI=1S/C18H15FN2O3S/c1-11-5-3-4-6-13(11)17-20-21-18(24-17)25-10-15(22)12-7-8-16(23-2)14(19)9-12/h3-9H,10H2,1-2H3. The van der Waals surface area contributed by atoms with Crippen molar-refractivity contribution in [3.63, 3.8) is 0 Å². The molecule has 5 nitrogen and oxygen atoms in total. The highest BCUT2D eigenvalue weighted by Crippen LogP contribution is 2.26. The maximum atomic E-state index is 13.7. The molecule has 0 aliphatic carbocycles. The zero-order valence-electron chi connectivity index (χ0n) is 13.7. The molecule has 2 aromatic carbocycles. The Kier molecular flexibility index (Phi) is 5.14. The summed E-state index contributed by atoms with van der Waals surface area (Å²) in [7, 11) is 1.37. The van der Waals surface area contributed by atoms with Crippen LogP contribution >= 0.6 is 11.8 Å². The first-order chi connectivity index (χ1) is 12.1. The van der Waals surface area contributed by atoms with Crippen molar-refractivity contribution in [2.45, 2.75) is 12.1 Å². The summed E-state index contributed by atoms with van der Waals surface area (Å²) in [5.41, 5.74) is 2.14. The van der Waals surface area contributed by atoms with E-state index in [-0.39, 0.29) is 22.8 Å². The van der Waals surface area contributed by atoms with Gasteiger partial charge in [-0.1, -0.05) is 30.0 Å². The fourth-order valence-corrected chi connectivity index (χ4v) is 2.90. The Morgan fingerprint density at radius 3 is 2.76 bits per heavy atom. The first-order valence-corrected chi connectivity index (χ1v) is 8.46. The van der Waals surface area contributed by atoms with Crippen molar-refractivity contribution in [2.24, 2.45) is 0 Å². The van der Waals surface area contributed by atoms with E-state index in [1.807, 2.05) is 31.2 Å².